The number of hydrogen-bond donors (Lipinski definition) is 2. The molecule has 14 heavy (non-hydrogen) atoms. The van der Waals surface area contributed by atoms with Crippen LogP contribution < -0.4 is 5.32 Å². The fraction of sp³-hybridized carbons (Fsp3) is 0.556. The number of aliphatic hydroxyl groups excluding tert-OH is 1. The minimum Gasteiger partial charge on any atom is -0.396 e. The summed E-state index contributed by atoms with van der Waals surface area (Å²) in [5.41, 5.74) is 0. The van der Waals surface area contributed by atoms with Crippen molar-refractivity contribution in [3.8, 4) is 0 Å². The van der Waals surface area contributed by atoms with E-state index >= 15 is 0 Å². The summed E-state index contributed by atoms with van der Waals surface area (Å²) in [4.78, 5) is 8.38. The molecule has 1 atom stereocenters. The summed E-state index contributed by atoms with van der Waals surface area (Å²) in [5, 5.41) is 12.9. The third-order valence-electron chi connectivity index (χ3n) is 1.73. The number of anilines is 1. The highest BCUT2D eigenvalue weighted by molar-refractivity contribution is 7.99. The van der Waals surface area contributed by atoms with Gasteiger partial charge in [0.2, 0.25) is 0 Å². The van der Waals surface area contributed by atoms with Crippen molar-refractivity contribution in [3.63, 3.8) is 0 Å². The molecule has 0 aromatic carbocycles. The van der Waals surface area contributed by atoms with Gasteiger partial charge in [-0.25, -0.2) is 4.98 Å². The quantitative estimate of drug-likeness (QED) is 0.724. The minimum absolute atomic E-state index is 0.216. The molecule has 0 fully saturated rings. The zero-order chi connectivity index (χ0) is 10.4. The smallest absolute Gasteiger partial charge is 0.145 e. The molecular formula is C9H15N3OS. The van der Waals surface area contributed by atoms with Gasteiger partial charge in [-0.3, -0.25) is 4.98 Å². The van der Waals surface area contributed by atoms with Crippen molar-refractivity contribution >= 4 is 17.6 Å². The number of nitrogens with one attached hydrogen (secondary N) is 1. The lowest BCUT2D eigenvalue weighted by Gasteiger charge is -2.08. The van der Waals surface area contributed by atoms with Crippen LogP contribution in [0.25, 0.3) is 0 Å². The maximum absolute atomic E-state index is 8.75. The Hall–Kier alpha value is -0.810. The largest absolute Gasteiger partial charge is 0.396 e. The normalized spacial score (nSPS) is 12.5. The standard InChI is InChI=1S/C9H15N3OS/c1-7(3-4-13)14-9-6-11-5-8(10-2)12-9/h5-7,13H,3-4H2,1-2H3,(H,10,12). The Morgan fingerprint density at radius 2 is 2.36 bits per heavy atom. The van der Waals surface area contributed by atoms with Crippen LogP contribution in [0, 0.1) is 0 Å². The predicted molar refractivity (Wildman–Crippen MR) is 58.6 cm³/mol. The van der Waals surface area contributed by atoms with E-state index in [1.165, 1.54) is 0 Å². The number of aromatic nitrogens is 2. The maximum atomic E-state index is 8.75. The highest BCUT2D eigenvalue weighted by Crippen LogP contribution is 2.22. The first-order valence-corrected chi connectivity index (χ1v) is 5.41. The van der Waals surface area contributed by atoms with Gasteiger partial charge in [0.15, 0.2) is 0 Å². The molecule has 2 N–H and O–H groups in total. The summed E-state index contributed by atoms with van der Waals surface area (Å²) in [6.45, 7) is 2.28. The lowest BCUT2D eigenvalue weighted by molar-refractivity contribution is 0.289. The van der Waals surface area contributed by atoms with Crippen molar-refractivity contribution in [2.75, 3.05) is 19.0 Å². The van der Waals surface area contributed by atoms with Crippen LogP contribution >= 0.6 is 11.8 Å². The average molecular weight is 213 g/mol. The summed E-state index contributed by atoms with van der Waals surface area (Å²) in [5.74, 6) is 0.770. The van der Waals surface area contributed by atoms with E-state index in [4.69, 9.17) is 5.11 Å². The minimum atomic E-state index is 0.216. The second-order valence-corrected chi connectivity index (χ2v) is 4.39. The van der Waals surface area contributed by atoms with Crippen LogP contribution in [0.1, 0.15) is 13.3 Å². The third-order valence-corrected chi connectivity index (χ3v) is 2.80. The molecule has 1 heterocycles. The lowest BCUT2D eigenvalue weighted by Crippen LogP contribution is -2.01. The molecule has 0 radical (unpaired) electrons. The van der Waals surface area contributed by atoms with Gasteiger partial charge in [-0.05, 0) is 6.42 Å². The second-order valence-electron chi connectivity index (χ2n) is 2.93. The van der Waals surface area contributed by atoms with E-state index in [0.29, 0.717) is 5.25 Å². The van der Waals surface area contributed by atoms with Crippen LogP contribution in [0.3, 0.4) is 0 Å². The van der Waals surface area contributed by atoms with E-state index in [-0.39, 0.29) is 6.61 Å². The van der Waals surface area contributed by atoms with Gasteiger partial charge in [-0.1, -0.05) is 6.92 Å². The Bertz CT molecular complexity index is 283. The number of thioether (sulfide) groups is 1. The van der Waals surface area contributed by atoms with E-state index < -0.39 is 0 Å². The first-order valence-electron chi connectivity index (χ1n) is 4.53. The Morgan fingerprint density at radius 1 is 1.57 bits per heavy atom. The van der Waals surface area contributed by atoms with Crippen molar-refractivity contribution in [2.24, 2.45) is 0 Å². The SMILES string of the molecule is CNc1cncc(SC(C)CCO)n1. The molecule has 0 aliphatic heterocycles. The molecule has 1 rings (SSSR count). The van der Waals surface area contributed by atoms with Crippen LogP contribution in [-0.2, 0) is 0 Å². The zero-order valence-electron chi connectivity index (χ0n) is 8.40. The molecule has 0 saturated carbocycles. The van der Waals surface area contributed by atoms with Gasteiger partial charge in [-0.2, -0.15) is 0 Å². The Morgan fingerprint density at radius 3 is 3.00 bits per heavy atom. The Balaban J connectivity index is 2.57. The molecule has 0 aliphatic carbocycles. The van der Waals surface area contributed by atoms with Crippen LogP contribution in [0.4, 0.5) is 5.82 Å². The number of aliphatic hydroxyl groups is 1. The summed E-state index contributed by atoms with van der Waals surface area (Å²) in [6.07, 6.45) is 4.19. The van der Waals surface area contributed by atoms with Crippen LogP contribution in [0.5, 0.6) is 0 Å². The number of nitrogens with zero attached hydrogens (tertiary/aromatic N) is 2. The molecule has 0 aliphatic rings. The predicted octanol–water partition coefficient (Wildman–Crippen LogP) is 1.38. The van der Waals surface area contributed by atoms with Crippen LogP contribution in [0.15, 0.2) is 17.4 Å². The van der Waals surface area contributed by atoms with Crippen molar-refractivity contribution in [2.45, 2.75) is 23.6 Å². The monoisotopic (exact) mass is 213 g/mol. The Kier molecular flexibility index (Phi) is 4.69. The van der Waals surface area contributed by atoms with Gasteiger partial charge < -0.3 is 10.4 Å². The number of hydrogen-bond acceptors (Lipinski definition) is 5. The lowest BCUT2D eigenvalue weighted by atomic mass is 10.3. The average Bonchev–Trinajstić information content (AvgIpc) is 2.18. The Labute approximate surface area is 88.2 Å². The zero-order valence-corrected chi connectivity index (χ0v) is 9.21. The molecule has 4 nitrogen and oxygen atoms in total. The topological polar surface area (TPSA) is 58.0 Å². The first-order chi connectivity index (χ1) is 6.76. The van der Waals surface area contributed by atoms with E-state index in [1.807, 2.05) is 7.05 Å². The molecule has 5 heteroatoms. The van der Waals surface area contributed by atoms with E-state index in [9.17, 15) is 0 Å². The fourth-order valence-corrected chi connectivity index (χ4v) is 1.88. The van der Waals surface area contributed by atoms with Gasteiger partial charge in [0.1, 0.15) is 10.8 Å². The molecule has 0 bridgehead atoms. The fourth-order valence-electron chi connectivity index (χ4n) is 0.972. The third kappa shape index (κ3) is 3.51. The molecular weight excluding hydrogens is 198 g/mol. The van der Waals surface area contributed by atoms with E-state index in [1.54, 1.807) is 24.2 Å². The first kappa shape index (κ1) is 11.3. The molecule has 0 spiro atoms. The summed E-state index contributed by atoms with van der Waals surface area (Å²) in [7, 11) is 1.82. The van der Waals surface area contributed by atoms with Crippen molar-refractivity contribution in [3.05, 3.63) is 12.4 Å². The van der Waals surface area contributed by atoms with Crippen LogP contribution in [-0.4, -0.2) is 34.0 Å². The van der Waals surface area contributed by atoms with E-state index in [2.05, 4.69) is 22.2 Å². The second kappa shape index (κ2) is 5.82. The molecule has 1 aromatic rings. The number of rotatable bonds is 5. The molecule has 0 saturated heterocycles. The van der Waals surface area contributed by atoms with Gasteiger partial charge in [-0.15, -0.1) is 11.8 Å². The van der Waals surface area contributed by atoms with Crippen molar-refractivity contribution in [1.29, 1.82) is 0 Å². The molecule has 1 aromatic heterocycles. The van der Waals surface area contributed by atoms with Gasteiger partial charge in [0, 0.05) is 18.9 Å². The van der Waals surface area contributed by atoms with Gasteiger partial charge >= 0.3 is 0 Å². The molecule has 1 unspecified atom stereocenters. The molecule has 0 amide bonds. The van der Waals surface area contributed by atoms with Crippen molar-refractivity contribution < 1.29 is 5.11 Å². The maximum Gasteiger partial charge on any atom is 0.145 e. The summed E-state index contributed by atoms with van der Waals surface area (Å²) in [6, 6.07) is 0. The van der Waals surface area contributed by atoms with Crippen molar-refractivity contribution in [1.82, 2.24) is 9.97 Å². The molecule has 78 valence electrons. The van der Waals surface area contributed by atoms with Gasteiger partial charge in [0.25, 0.3) is 0 Å². The summed E-state index contributed by atoms with van der Waals surface area (Å²) < 4.78 is 0. The highest BCUT2D eigenvalue weighted by atomic mass is 32.2. The van der Waals surface area contributed by atoms with Gasteiger partial charge in [0.05, 0.1) is 12.4 Å². The summed E-state index contributed by atoms with van der Waals surface area (Å²) >= 11 is 1.62. The van der Waals surface area contributed by atoms with Crippen LogP contribution in [0.2, 0.25) is 0 Å². The van der Waals surface area contributed by atoms with E-state index in [0.717, 1.165) is 17.3 Å². The highest BCUT2D eigenvalue weighted by Gasteiger charge is 2.05.